The fourth-order valence-electron chi connectivity index (χ4n) is 3.00. The summed E-state index contributed by atoms with van der Waals surface area (Å²) >= 11 is 0. The summed E-state index contributed by atoms with van der Waals surface area (Å²) in [7, 11) is 0. The second-order valence-corrected chi connectivity index (χ2v) is 6.92. The smallest absolute Gasteiger partial charge is 0.407 e. The highest BCUT2D eigenvalue weighted by atomic mass is 16.6. The Bertz CT molecular complexity index is 328. The van der Waals surface area contributed by atoms with Crippen LogP contribution in [0, 0.1) is 0 Å². The number of hydrogen-bond donors (Lipinski definition) is 2. The molecule has 1 aliphatic carbocycles. The minimum atomic E-state index is -0.485. The van der Waals surface area contributed by atoms with Crippen molar-refractivity contribution in [1.82, 2.24) is 10.2 Å². The average molecular weight is 300 g/mol. The minimum Gasteiger partial charge on any atom is -0.444 e. The van der Waals surface area contributed by atoms with Crippen molar-refractivity contribution in [1.29, 1.82) is 0 Å². The fraction of sp³-hybridized carbons (Fsp3) is 0.938. The SMILES string of the molecule is CCCN(CC)C1CC(O)CCC1NC(=O)OC(C)(C)C. The number of nitrogens with one attached hydrogen (secondary N) is 1. The van der Waals surface area contributed by atoms with Crippen molar-refractivity contribution in [2.24, 2.45) is 0 Å². The molecule has 0 radical (unpaired) electrons. The predicted octanol–water partition coefficient (Wildman–Crippen LogP) is 2.53. The molecule has 0 aliphatic heterocycles. The number of ether oxygens (including phenoxy) is 1. The largest absolute Gasteiger partial charge is 0.444 e. The summed E-state index contributed by atoms with van der Waals surface area (Å²) in [6.07, 6.45) is 2.69. The van der Waals surface area contributed by atoms with E-state index in [4.69, 9.17) is 4.74 Å². The summed E-state index contributed by atoms with van der Waals surface area (Å²) in [5, 5.41) is 13.0. The van der Waals surface area contributed by atoms with E-state index in [9.17, 15) is 9.90 Å². The lowest BCUT2D eigenvalue weighted by Gasteiger charge is -2.41. The summed E-state index contributed by atoms with van der Waals surface area (Å²) in [4.78, 5) is 14.4. The molecular formula is C16H32N2O3. The van der Waals surface area contributed by atoms with Crippen LogP contribution in [0.5, 0.6) is 0 Å². The molecule has 21 heavy (non-hydrogen) atoms. The normalized spacial score (nSPS) is 26.7. The lowest BCUT2D eigenvalue weighted by atomic mass is 9.87. The maximum Gasteiger partial charge on any atom is 0.407 e. The van der Waals surface area contributed by atoms with Crippen LogP contribution in [0.4, 0.5) is 4.79 Å². The number of carbonyl (C=O) groups is 1. The van der Waals surface area contributed by atoms with Crippen molar-refractivity contribution >= 4 is 6.09 Å². The number of nitrogens with zero attached hydrogens (tertiary/aromatic N) is 1. The number of aliphatic hydroxyl groups is 1. The van der Waals surface area contributed by atoms with Gasteiger partial charge in [0.2, 0.25) is 0 Å². The second kappa shape index (κ2) is 7.99. The first kappa shape index (κ1) is 18.2. The third kappa shape index (κ3) is 6.22. The maximum atomic E-state index is 12.0. The number of hydrogen-bond acceptors (Lipinski definition) is 4. The molecule has 124 valence electrons. The number of likely N-dealkylation sites (N-methyl/N-ethyl adjacent to an activating group) is 1. The van der Waals surface area contributed by atoms with Gasteiger partial charge in [0.1, 0.15) is 5.60 Å². The van der Waals surface area contributed by atoms with E-state index in [1.54, 1.807) is 0 Å². The van der Waals surface area contributed by atoms with E-state index in [0.29, 0.717) is 6.42 Å². The lowest BCUT2D eigenvalue weighted by Crippen LogP contribution is -2.56. The van der Waals surface area contributed by atoms with Gasteiger partial charge in [-0.1, -0.05) is 13.8 Å². The summed E-state index contributed by atoms with van der Waals surface area (Å²) in [5.41, 5.74) is -0.485. The van der Waals surface area contributed by atoms with Crippen LogP contribution in [0.25, 0.3) is 0 Å². The first-order valence-corrected chi connectivity index (χ1v) is 8.18. The van der Waals surface area contributed by atoms with Crippen LogP contribution < -0.4 is 5.32 Å². The number of rotatable bonds is 5. The Morgan fingerprint density at radius 1 is 1.33 bits per heavy atom. The minimum absolute atomic E-state index is 0.0507. The zero-order valence-corrected chi connectivity index (χ0v) is 14.2. The summed E-state index contributed by atoms with van der Waals surface area (Å²) in [6.45, 7) is 11.8. The molecule has 0 aromatic heterocycles. The molecule has 0 aromatic carbocycles. The van der Waals surface area contributed by atoms with E-state index in [2.05, 4.69) is 24.1 Å². The van der Waals surface area contributed by atoms with Crippen LogP contribution in [-0.2, 0) is 4.74 Å². The van der Waals surface area contributed by atoms with E-state index in [-0.39, 0.29) is 24.3 Å². The van der Waals surface area contributed by atoms with Crippen molar-refractivity contribution in [2.75, 3.05) is 13.1 Å². The number of carbonyl (C=O) groups excluding carboxylic acids is 1. The molecule has 1 fully saturated rings. The molecule has 5 nitrogen and oxygen atoms in total. The van der Waals surface area contributed by atoms with E-state index in [1.807, 2.05) is 20.8 Å². The quantitative estimate of drug-likeness (QED) is 0.819. The number of alkyl carbamates (subject to hydrolysis) is 1. The van der Waals surface area contributed by atoms with Crippen LogP contribution in [0.2, 0.25) is 0 Å². The molecule has 1 amide bonds. The van der Waals surface area contributed by atoms with Crippen LogP contribution in [0.1, 0.15) is 60.3 Å². The Labute approximate surface area is 129 Å². The Morgan fingerprint density at radius 3 is 2.52 bits per heavy atom. The van der Waals surface area contributed by atoms with Gasteiger partial charge in [0.05, 0.1) is 6.10 Å². The first-order valence-electron chi connectivity index (χ1n) is 8.18. The number of amides is 1. The Morgan fingerprint density at radius 2 is 2.00 bits per heavy atom. The second-order valence-electron chi connectivity index (χ2n) is 6.92. The van der Waals surface area contributed by atoms with Crippen molar-refractivity contribution < 1.29 is 14.6 Å². The Hall–Kier alpha value is -0.810. The van der Waals surface area contributed by atoms with Crippen molar-refractivity contribution in [3.05, 3.63) is 0 Å². The molecule has 0 saturated heterocycles. The fourth-order valence-corrected chi connectivity index (χ4v) is 3.00. The number of aliphatic hydroxyl groups excluding tert-OH is 1. The van der Waals surface area contributed by atoms with Gasteiger partial charge < -0.3 is 15.2 Å². The van der Waals surface area contributed by atoms with Crippen LogP contribution in [0.3, 0.4) is 0 Å². The van der Waals surface area contributed by atoms with Gasteiger partial charge >= 0.3 is 6.09 Å². The standard InChI is InChI=1S/C16H32N2O3/c1-6-10-18(7-2)14-11-12(19)8-9-13(14)17-15(20)21-16(3,4)5/h12-14,19H,6-11H2,1-5H3,(H,17,20). The zero-order chi connectivity index (χ0) is 16.0. The van der Waals surface area contributed by atoms with Gasteiger partial charge in [-0.25, -0.2) is 4.79 Å². The highest BCUT2D eigenvalue weighted by molar-refractivity contribution is 5.68. The lowest BCUT2D eigenvalue weighted by molar-refractivity contribution is 0.0242. The highest BCUT2D eigenvalue weighted by Crippen LogP contribution is 2.24. The van der Waals surface area contributed by atoms with Crippen LogP contribution in [0.15, 0.2) is 0 Å². The molecule has 0 heterocycles. The summed E-state index contributed by atoms with van der Waals surface area (Å²) in [5.74, 6) is 0. The van der Waals surface area contributed by atoms with Crippen molar-refractivity contribution in [2.45, 2.75) is 84.1 Å². The molecule has 1 aliphatic rings. The molecule has 5 heteroatoms. The van der Waals surface area contributed by atoms with Crippen molar-refractivity contribution in [3.8, 4) is 0 Å². The van der Waals surface area contributed by atoms with Crippen LogP contribution >= 0.6 is 0 Å². The van der Waals surface area contributed by atoms with Crippen LogP contribution in [-0.4, -0.2) is 53.0 Å². The third-order valence-corrected chi connectivity index (χ3v) is 3.88. The van der Waals surface area contributed by atoms with E-state index >= 15 is 0 Å². The van der Waals surface area contributed by atoms with Gasteiger partial charge in [-0.15, -0.1) is 0 Å². The van der Waals surface area contributed by atoms with Gasteiger partial charge in [0.15, 0.2) is 0 Å². The van der Waals surface area contributed by atoms with E-state index in [1.165, 1.54) is 0 Å². The van der Waals surface area contributed by atoms with Gasteiger partial charge in [0.25, 0.3) is 0 Å². The molecule has 1 saturated carbocycles. The molecule has 3 atom stereocenters. The highest BCUT2D eigenvalue weighted by Gasteiger charge is 2.34. The Kier molecular flexibility index (Phi) is 6.94. The Balaban J connectivity index is 2.69. The molecule has 0 spiro atoms. The van der Waals surface area contributed by atoms with Gasteiger partial charge in [-0.2, -0.15) is 0 Å². The zero-order valence-electron chi connectivity index (χ0n) is 14.2. The van der Waals surface area contributed by atoms with E-state index in [0.717, 1.165) is 32.4 Å². The first-order chi connectivity index (χ1) is 9.76. The molecule has 3 unspecified atom stereocenters. The topological polar surface area (TPSA) is 61.8 Å². The molecule has 2 N–H and O–H groups in total. The van der Waals surface area contributed by atoms with Gasteiger partial charge in [-0.05, 0) is 59.5 Å². The van der Waals surface area contributed by atoms with E-state index < -0.39 is 5.60 Å². The summed E-state index contributed by atoms with van der Waals surface area (Å²) in [6, 6.07) is 0.237. The molecule has 1 rings (SSSR count). The summed E-state index contributed by atoms with van der Waals surface area (Å²) < 4.78 is 5.36. The predicted molar refractivity (Wildman–Crippen MR) is 84.3 cm³/mol. The molecular weight excluding hydrogens is 268 g/mol. The molecule has 0 bridgehead atoms. The average Bonchev–Trinajstić information content (AvgIpc) is 2.36. The maximum absolute atomic E-state index is 12.0. The van der Waals surface area contributed by atoms with Gasteiger partial charge in [-0.3, -0.25) is 4.90 Å². The monoisotopic (exact) mass is 300 g/mol. The van der Waals surface area contributed by atoms with Crippen molar-refractivity contribution in [3.63, 3.8) is 0 Å². The molecule has 0 aromatic rings. The van der Waals surface area contributed by atoms with Gasteiger partial charge in [0, 0.05) is 12.1 Å². The third-order valence-electron chi connectivity index (χ3n) is 3.88.